The number of urea groups is 1. The summed E-state index contributed by atoms with van der Waals surface area (Å²) in [5.74, 6) is 0.873. The number of nitrogens with zero attached hydrogens (tertiary/aromatic N) is 8. The predicted octanol–water partition coefficient (Wildman–Crippen LogP) is 0.247. The van der Waals surface area contributed by atoms with Crippen LogP contribution in [0, 0.1) is 0 Å². The summed E-state index contributed by atoms with van der Waals surface area (Å²) in [7, 11) is 0. The third-order valence-electron chi connectivity index (χ3n) is 4.59. The van der Waals surface area contributed by atoms with E-state index in [1.165, 1.54) is 6.42 Å². The molecule has 9 heteroatoms. The molecular formula is C14H20N8O. The van der Waals surface area contributed by atoms with Crippen molar-refractivity contribution in [3.05, 3.63) is 12.4 Å². The van der Waals surface area contributed by atoms with Gasteiger partial charge in [0, 0.05) is 39.3 Å². The number of piperidine rings is 1. The van der Waals surface area contributed by atoms with E-state index >= 15 is 0 Å². The van der Waals surface area contributed by atoms with Crippen LogP contribution in [0.2, 0.25) is 0 Å². The van der Waals surface area contributed by atoms with Gasteiger partial charge in [-0.3, -0.25) is 4.98 Å². The summed E-state index contributed by atoms with van der Waals surface area (Å²) in [6.07, 6.45) is 6.89. The van der Waals surface area contributed by atoms with Crippen LogP contribution in [0.5, 0.6) is 0 Å². The molecule has 0 bridgehead atoms. The summed E-state index contributed by atoms with van der Waals surface area (Å²) in [6.45, 7) is 4.75. The number of tetrazole rings is 1. The van der Waals surface area contributed by atoms with Crippen molar-refractivity contribution in [3.63, 3.8) is 0 Å². The minimum Gasteiger partial charge on any atom is -0.352 e. The highest BCUT2D eigenvalue weighted by atomic mass is 16.2. The zero-order chi connectivity index (χ0) is 15.6. The van der Waals surface area contributed by atoms with Crippen molar-refractivity contribution in [3.8, 4) is 0 Å². The maximum Gasteiger partial charge on any atom is 0.320 e. The van der Waals surface area contributed by atoms with Crippen molar-refractivity contribution >= 4 is 17.5 Å². The SMILES string of the molecule is O=C(N1CCCCC1)N1CCN(c2cncc3nnnn23)CC1. The molecule has 9 nitrogen and oxygen atoms in total. The first-order valence-electron chi connectivity index (χ1n) is 8.14. The molecule has 0 N–H and O–H groups in total. The number of likely N-dealkylation sites (tertiary alicyclic amines) is 1. The van der Waals surface area contributed by atoms with Crippen LogP contribution < -0.4 is 4.90 Å². The number of hydrogen-bond acceptors (Lipinski definition) is 6. The molecule has 23 heavy (non-hydrogen) atoms. The smallest absolute Gasteiger partial charge is 0.320 e. The van der Waals surface area contributed by atoms with Crippen LogP contribution >= 0.6 is 0 Å². The standard InChI is InChI=1S/C14H20N8O/c23-14(20-4-2-1-3-5-20)21-8-6-19(7-9-21)13-11-15-10-12-16-17-18-22(12)13/h10-11H,1-9H2. The summed E-state index contributed by atoms with van der Waals surface area (Å²) in [6, 6.07) is 0.183. The minimum atomic E-state index is 0.183. The fourth-order valence-electron chi connectivity index (χ4n) is 3.29. The van der Waals surface area contributed by atoms with E-state index < -0.39 is 0 Å². The highest BCUT2D eigenvalue weighted by Crippen LogP contribution is 2.17. The summed E-state index contributed by atoms with van der Waals surface area (Å²) < 4.78 is 1.69. The van der Waals surface area contributed by atoms with Crippen molar-refractivity contribution in [2.24, 2.45) is 0 Å². The number of aromatic nitrogens is 5. The van der Waals surface area contributed by atoms with E-state index in [1.807, 2.05) is 9.80 Å². The monoisotopic (exact) mass is 316 g/mol. The number of fused-ring (bicyclic) bond motifs is 1. The van der Waals surface area contributed by atoms with Gasteiger partial charge in [0.25, 0.3) is 0 Å². The normalized spacial score (nSPS) is 19.4. The Morgan fingerprint density at radius 1 is 0.913 bits per heavy atom. The second-order valence-electron chi connectivity index (χ2n) is 6.02. The lowest BCUT2D eigenvalue weighted by Crippen LogP contribution is -2.54. The molecule has 2 aromatic heterocycles. The molecule has 0 radical (unpaired) electrons. The summed E-state index contributed by atoms with van der Waals surface area (Å²) in [4.78, 5) is 22.9. The maximum absolute atomic E-state index is 12.6. The molecular weight excluding hydrogens is 296 g/mol. The van der Waals surface area contributed by atoms with Crippen LogP contribution in [-0.2, 0) is 0 Å². The zero-order valence-corrected chi connectivity index (χ0v) is 13.0. The van der Waals surface area contributed by atoms with Gasteiger partial charge >= 0.3 is 6.03 Å². The number of carbonyl (C=O) groups is 1. The quantitative estimate of drug-likeness (QED) is 0.750. The number of rotatable bonds is 1. The van der Waals surface area contributed by atoms with E-state index in [1.54, 1.807) is 16.9 Å². The van der Waals surface area contributed by atoms with E-state index in [-0.39, 0.29) is 6.03 Å². The lowest BCUT2D eigenvalue weighted by Gasteiger charge is -2.39. The number of amides is 2. The highest BCUT2D eigenvalue weighted by Gasteiger charge is 2.27. The van der Waals surface area contributed by atoms with E-state index in [4.69, 9.17) is 0 Å². The first-order valence-corrected chi connectivity index (χ1v) is 8.14. The second kappa shape index (κ2) is 5.98. The number of anilines is 1. The molecule has 0 unspecified atom stereocenters. The number of piperazine rings is 1. The van der Waals surface area contributed by atoms with Crippen LogP contribution in [0.15, 0.2) is 12.4 Å². The van der Waals surface area contributed by atoms with Crippen LogP contribution in [0.25, 0.3) is 5.65 Å². The average Bonchev–Trinajstić information content (AvgIpc) is 3.11. The number of carbonyl (C=O) groups excluding carboxylic acids is 1. The molecule has 0 aromatic carbocycles. The molecule has 0 atom stereocenters. The van der Waals surface area contributed by atoms with Crippen molar-refractivity contribution in [2.45, 2.75) is 19.3 Å². The van der Waals surface area contributed by atoms with Gasteiger partial charge in [0.1, 0.15) is 0 Å². The Kier molecular flexibility index (Phi) is 3.68. The molecule has 2 aliphatic heterocycles. The largest absolute Gasteiger partial charge is 0.352 e. The zero-order valence-electron chi connectivity index (χ0n) is 13.0. The lowest BCUT2D eigenvalue weighted by molar-refractivity contribution is 0.141. The Morgan fingerprint density at radius 2 is 1.65 bits per heavy atom. The minimum absolute atomic E-state index is 0.183. The van der Waals surface area contributed by atoms with E-state index in [0.717, 1.165) is 44.8 Å². The predicted molar refractivity (Wildman–Crippen MR) is 83.2 cm³/mol. The summed E-state index contributed by atoms with van der Waals surface area (Å²) in [5.41, 5.74) is 0.634. The average molecular weight is 316 g/mol. The van der Waals surface area contributed by atoms with Gasteiger partial charge in [0.15, 0.2) is 11.5 Å². The first-order chi connectivity index (χ1) is 11.3. The van der Waals surface area contributed by atoms with E-state index in [0.29, 0.717) is 18.7 Å². The van der Waals surface area contributed by atoms with Gasteiger partial charge in [-0.05, 0) is 29.7 Å². The third kappa shape index (κ3) is 2.66. The van der Waals surface area contributed by atoms with Gasteiger partial charge in [-0.15, -0.1) is 5.10 Å². The molecule has 0 spiro atoms. The Bertz CT molecular complexity index is 687. The Labute approximate surface area is 133 Å². The Balaban J connectivity index is 1.42. The fraction of sp³-hybridized carbons (Fsp3) is 0.643. The molecule has 2 saturated heterocycles. The molecule has 2 aliphatic rings. The molecule has 122 valence electrons. The topological polar surface area (TPSA) is 82.8 Å². The summed E-state index contributed by atoms with van der Waals surface area (Å²) >= 11 is 0. The van der Waals surface area contributed by atoms with Gasteiger partial charge in [0.05, 0.1) is 12.4 Å². The molecule has 0 aliphatic carbocycles. The number of hydrogen-bond donors (Lipinski definition) is 0. The van der Waals surface area contributed by atoms with E-state index in [2.05, 4.69) is 25.4 Å². The molecule has 4 rings (SSSR count). The van der Waals surface area contributed by atoms with Crippen molar-refractivity contribution in [1.29, 1.82) is 0 Å². The Morgan fingerprint density at radius 3 is 2.43 bits per heavy atom. The van der Waals surface area contributed by atoms with Gasteiger partial charge in [-0.25, -0.2) is 4.79 Å². The van der Waals surface area contributed by atoms with Crippen molar-refractivity contribution < 1.29 is 4.79 Å². The van der Waals surface area contributed by atoms with E-state index in [9.17, 15) is 4.79 Å². The first kappa shape index (κ1) is 14.2. The van der Waals surface area contributed by atoms with Crippen LogP contribution in [0.4, 0.5) is 10.6 Å². The highest BCUT2D eigenvalue weighted by molar-refractivity contribution is 5.75. The molecule has 2 fully saturated rings. The molecule has 2 aromatic rings. The third-order valence-corrected chi connectivity index (χ3v) is 4.59. The van der Waals surface area contributed by atoms with Crippen LogP contribution in [0.1, 0.15) is 19.3 Å². The van der Waals surface area contributed by atoms with Gasteiger partial charge in [0.2, 0.25) is 0 Å². The molecule has 2 amide bonds. The lowest BCUT2D eigenvalue weighted by atomic mass is 10.1. The van der Waals surface area contributed by atoms with Crippen LogP contribution in [-0.4, -0.2) is 80.1 Å². The van der Waals surface area contributed by atoms with Gasteiger partial charge in [-0.2, -0.15) is 4.52 Å². The molecule has 4 heterocycles. The maximum atomic E-state index is 12.6. The molecule has 0 saturated carbocycles. The van der Waals surface area contributed by atoms with Crippen LogP contribution in [0.3, 0.4) is 0 Å². The fourth-order valence-corrected chi connectivity index (χ4v) is 3.29. The Hall–Kier alpha value is -2.45. The van der Waals surface area contributed by atoms with Crippen molar-refractivity contribution in [1.82, 2.24) is 34.8 Å². The summed E-state index contributed by atoms with van der Waals surface area (Å²) in [5, 5.41) is 11.6. The van der Waals surface area contributed by atoms with Gasteiger partial charge < -0.3 is 14.7 Å². The van der Waals surface area contributed by atoms with Crippen molar-refractivity contribution in [2.75, 3.05) is 44.2 Å². The van der Waals surface area contributed by atoms with Gasteiger partial charge in [-0.1, -0.05) is 0 Å². The second-order valence-corrected chi connectivity index (χ2v) is 6.02.